The highest BCUT2D eigenvalue weighted by molar-refractivity contribution is 8.00. The summed E-state index contributed by atoms with van der Waals surface area (Å²) >= 11 is 1.91. The highest BCUT2D eigenvalue weighted by atomic mass is 32.2. The molecule has 0 bridgehead atoms. The molecule has 11 heavy (non-hydrogen) atoms. The van der Waals surface area contributed by atoms with Crippen molar-refractivity contribution in [1.29, 1.82) is 0 Å². The van der Waals surface area contributed by atoms with Gasteiger partial charge in [-0.3, -0.25) is 5.32 Å². The molecular weight excluding hydrogens is 158 g/mol. The number of nitrogens with one attached hydrogen (secondary N) is 1. The van der Waals surface area contributed by atoms with E-state index in [0.29, 0.717) is 0 Å². The highest BCUT2D eigenvalue weighted by Crippen LogP contribution is 2.40. The van der Waals surface area contributed by atoms with E-state index in [1.807, 2.05) is 11.8 Å². The average molecular weight is 173 g/mol. The molecule has 0 unspecified atom stereocenters. The third kappa shape index (κ3) is 1.30. The van der Waals surface area contributed by atoms with Crippen LogP contribution in [0.15, 0.2) is 0 Å². The Morgan fingerprint density at radius 2 is 2.36 bits per heavy atom. The molecule has 1 saturated heterocycles. The van der Waals surface area contributed by atoms with Gasteiger partial charge in [-0.05, 0) is 12.8 Å². The third-order valence-corrected chi connectivity index (χ3v) is 4.24. The molecule has 0 aromatic heterocycles. The molecule has 1 heterocycles. The summed E-state index contributed by atoms with van der Waals surface area (Å²) in [5.41, 5.74) is 0. The summed E-state index contributed by atoms with van der Waals surface area (Å²) in [5.74, 6) is 1.16. The van der Waals surface area contributed by atoms with Crippen LogP contribution in [0.25, 0.3) is 0 Å². The van der Waals surface area contributed by atoms with Gasteiger partial charge in [-0.15, -0.1) is 11.8 Å². The van der Waals surface area contributed by atoms with E-state index in [9.17, 15) is 5.11 Å². The summed E-state index contributed by atoms with van der Waals surface area (Å²) in [7, 11) is 0. The SMILES string of the molecule is O[C@H]1CCCC[C@]12NCCS2. The first-order valence-electron chi connectivity index (χ1n) is 4.41. The zero-order valence-electron chi connectivity index (χ0n) is 6.68. The molecule has 2 atom stereocenters. The lowest BCUT2D eigenvalue weighted by Crippen LogP contribution is -2.50. The van der Waals surface area contributed by atoms with Crippen LogP contribution in [-0.4, -0.2) is 28.4 Å². The van der Waals surface area contributed by atoms with Crippen molar-refractivity contribution in [3.8, 4) is 0 Å². The second-order valence-corrected chi connectivity index (χ2v) is 4.85. The normalized spacial score (nSPS) is 45.0. The van der Waals surface area contributed by atoms with Gasteiger partial charge in [0.2, 0.25) is 0 Å². The van der Waals surface area contributed by atoms with E-state index in [1.54, 1.807) is 0 Å². The Kier molecular flexibility index (Phi) is 2.12. The second-order valence-electron chi connectivity index (χ2n) is 3.43. The monoisotopic (exact) mass is 173 g/mol. The molecule has 2 N–H and O–H groups in total. The average Bonchev–Trinajstić information content (AvgIpc) is 2.46. The van der Waals surface area contributed by atoms with Crippen molar-refractivity contribution in [2.45, 2.75) is 36.7 Å². The molecular formula is C8H15NOS. The topological polar surface area (TPSA) is 32.3 Å². The van der Waals surface area contributed by atoms with Gasteiger partial charge in [-0.2, -0.15) is 0 Å². The number of aliphatic hydroxyl groups excluding tert-OH is 1. The summed E-state index contributed by atoms with van der Waals surface area (Å²) < 4.78 is 0. The van der Waals surface area contributed by atoms with Crippen LogP contribution in [0.2, 0.25) is 0 Å². The fourth-order valence-electron chi connectivity index (χ4n) is 2.05. The molecule has 0 aromatic rings. The number of hydrogen-bond donors (Lipinski definition) is 2. The van der Waals surface area contributed by atoms with Gasteiger partial charge in [-0.1, -0.05) is 12.8 Å². The Bertz CT molecular complexity index is 145. The molecule has 3 heteroatoms. The quantitative estimate of drug-likeness (QED) is 0.572. The number of aliphatic hydroxyl groups is 1. The lowest BCUT2D eigenvalue weighted by atomic mass is 9.92. The fourth-order valence-corrected chi connectivity index (χ4v) is 3.42. The van der Waals surface area contributed by atoms with E-state index in [2.05, 4.69) is 5.32 Å². The maximum absolute atomic E-state index is 9.78. The lowest BCUT2D eigenvalue weighted by molar-refractivity contribution is 0.0784. The summed E-state index contributed by atoms with van der Waals surface area (Å²) in [6, 6.07) is 0. The van der Waals surface area contributed by atoms with Gasteiger partial charge in [0, 0.05) is 12.3 Å². The number of thioether (sulfide) groups is 1. The summed E-state index contributed by atoms with van der Waals surface area (Å²) in [5, 5.41) is 13.2. The van der Waals surface area contributed by atoms with Crippen molar-refractivity contribution >= 4 is 11.8 Å². The third-order valence-electron chi connectivity index (χ3n) is 2.70. The Hall–Kier alpha value is 0.270. The van der Waals surface area contributed by atoms with E-state index in [1.165, 1.54) is 12.8 Å². The molecule has 2 nitrogen and oxygen atoms in total. The first-order valence-corrected chi connectivity index (χ1v) is 5.39. The molecule has 1 aliphatic heterocycles. The first kappa shape index (κ1) is 7.90. The molecule has 0 radical (unpaired) electrons. The maximum atomic E-state index is 9.78. The van der Waals surface area contributed by atoms with Crippen molar-refractivity contribution in [2.24, 2.45) is 0 Å². The van der Waals surface area contributed by atoms with E-state index in [4.69, 9.17) is 0 Å². The summed E-state index contributed by atoms with van der Waals surface area (Å²) in [6.45, 7) is 1.07. The predicted octanol–water partition coefficient (Wildman–Crippen LogP) is 0.954. The number of rotatable bonds is 0. The van der Waals surface area contributed by atoms with Crippen LogP contribution in [0.4, 0.5) is 0 Å². The zero-order valence-corrected chi connectivity index (χ0v) is 7.49. The van der Waals surface area contributed by atoms with Gasteiger partial charge in [0.25, 0.3) is 0 Å². The molecule has 2 fully saturated rings. The highest BCUT2D eigenvalue weighted by Gasteiger charge is 2.42. The van der Waals surface area contributed by atoms with Crippen molar-refractivity contribution < 1.29 is 5.11 Å². The largest absolute Gasteiger partial charge is 0.390 e. The molecule has 1 spiro atoms. The van der Waals surface area contributed by atoms with Gasteiger partial charge in [0.15, 0.2) is 0 Å². The minimum atomic E-state index is -0.108. The van der Waals surface area contributed by atoms with Gasteiger partial charge in [0.05, 0.1) is 11.0 Å². The van der Waals surface area contributed by atoms with Crippen LogP contribution in [0.3, 0.4) is 0 Å². The van der Waals surface area contributed by atoms with Crippen LogP contribution in [0.1, 0.15) is 25.7 Å². The smallest absolute Gasteiger partial charge is 0.0907 e. The van der Waals surface area contributed by atoms with Crippen LogP contribution in [-0.2, 0) is 0 Å². The van der Waals surface area contributed by atoms with Crippen molar-refractivity contribution in [2.75, 3.05) is 12.3 Å². The van der Waals surface area contributed by atoms with Gasteiger partial charge in [-0.25, -0.2) is 0 Å². The standard InChI is InChI=1S/C8H15NOS/c10-7-3-1-2-4-8(7)9-5-6-11-8/h7,9-10H,1-6H2/t7-,8+/m0/s1. The van der Waals surface area contributed by atoms with E-state index >= 15 is 0 Å². The predicted molar refractivity (Wildman–Crippen MR) is 47.7 cm³/mol. The molecule has 1 saturated carbocycles. The Labute approximate surface area is 71.7 Å². The lowest BCUT2D eigenvalue weighted by Gasteiger charge is -2.37. The van der Waals surface area contributed by atoms with Crippen molar-refractivity contribution in [3.05, 3.63) is 0 Å². The maximum Gasteiger partial charge on any atom is 0.0907 e. The molecule has 2 aliphatic rings. The van der Waals surface area contributed by atoms with Gasteiger partial charge >= 0.3 is 0 Å². The Morgan fingerprint density at radius 1 is 1.45 bits per heavy atom. The Balaban J connectivity index is 2.07. The van der Waals surface area contributed by atoms with Crippen LogP contribution >= 0.6 is 11.8 Å². The van der Waals surface area contributed by atoms with E-state index in [0.717, 1.165) is 25.1 Å². The van der Waals surface area contributed by atoms with Gasteiger partial charge < -0.3 is 5.11 Å². The van der Waals surface area contributed by atoms with Crippen LogP contribution in [0.5, 0.6) is 0 Å². The van der Waals surface area contributed by atoms with Crippen LogP contribution in [0, 0.1) is 0 Å². The van der Waals surface area contributed by atoms with E-state index < -0.39 is 0 Å². The van der Waals surface area contributed by atoms with E-state index in [-0.39, 0.29) is 11.0 Å². The molecule has 0 amide bonds. The minimum absolute atomic E-state index is 0.0538. The zero-order chi connectivity index (χ0) is 7.73. The molecule has 64 valence electrons. The van der Waals surface area contributed by atoms with Crippen molar-refractivity contribution in [3.63, 3.8) is 0 Å². The Morgan fingerprint density at radius 3 is 3.00 bits per heavy atom. The summed E-state index contributed by atoms with van der Waals surface area (Å²) in [4.78, 5) is 0.0538. The fraction of sp³-hybridized carbons (Fsp3) is 1.00. The second kappa shape index (κ2) is 2.96. The van der Waals surface area contributed by atoms with Crippen molar-refractivity contribution in [1.82, 2.24) is 5.32 Å². The number of hydrogen-bond acceptors (Lipinski definition) is 3. The summed E-state index contributed by atoms with van der Waals surface area (Å²) in [6.07, 6.45) is 4.50. The first-order chi connectivity index (χ1) is 5.33. The van der Waals surface area contributed by atoms with Gasteiger partial charge in [0.1, 0.15) is 0 Å². The minimum Gasteiger partial charge on any atom is -0.390 e. The van der Waals surface area contributed by atoms with Crippen LogP contribution < -0.4 is 5.32 Å². The molecule has 1 aliphatic carbocycles. The molecule has 2 rings (SSSR count). The molecule has 0 aromatic carbocycles.